The molecular weight excluding hydrogens is 683 g/mol. The predicted molar refractivity (Wildman–Crippen MR) is 184 cm³/mol. The Bertz CT molecular complexity index is 1860. The van der Waals surface area contributed by atoms with Gasteiger partial charge < -0.3 is 14.8 Å². The second kappa shape index (κ2) is 14.2. The van der Waals surface area contributed by atoms with E-state index in [1.165, 1.54) is 17.8 Å². The van der Waals surface area contributed by atoms with Crippen molar-refractivity contribution in [1.82, 2.24) is 0 Å². The summed E-state index contributed by atoms with van der Waals surface area (Å²) in [5, 5.41) is 15.8. The van der Waals surface area contributed by atoms with E-state index in [4.69, 9.17) is 44.3 Å². The number of carbonyl (C=O) groups excluding carboxylic acids is 2. The van der Waals surface area contributed by atoms with E-state index in [0.717, 1.165) is 16.8 Å². The third-order valence-corrected chi connectivity index (χ3v) is 11.1. The maximum absolute atomic E-state index is 13.5. The minimum absolute atomic E-state index is 0.0240. The molecule has 4 aromatic rings. The Morgan fingerprint density at radius 2 is 1.74 bits per heavy atom. The lowest BCUT2D eigenvalue weighted by Crippen LogP contribution is -2.31. The Kier molecular flexibility index (Phi) is 9.98. The second-order valence-corrected chi connectivity index (χ2v) is 14.0. The van der Waals surface area contributed by atoms with Gasteiger partial charge in [-0.05, 0) is 78.4 Å². The molecule has 1 fully saturated rings. The SMILES string of the molecule is CCCOC(=O)c1ccccc1OC(=O)c1ccc2c(c1)C1C(Cl)C(Sc3ccccc3[N+](=O)[O-])CC1C(c1ccc(Cl)cc1Cl)N2. The summed E-state index contributed by atoms with van der Waals surface area (Å²) in [6, 6.07) is 23.5. The molecule has 1 N–H and O–H groups in total. The first-order valence-electron chi connectivity index (χ1n) is 15.0. The van der Waals surface area contributed by atoms with E-state index in [1.807, 2.05) is 19.1 Å². The smallest absolute Gasteiger partial charge is 0.343 e. The van der Waals surface area contributed by atoms with Crippen LogP contribution in [0, 0.1) is 16.0 Å². The van der Waals surface area contributed by atoms with Gasteiger partial charge in [-0.2, -0.15) is 0 Å². The molecular formula is C35H29Cl3N2O6S. The molecule has 0 aromatic heterocycles. The van der Waals surface area contributed by atoms with Crippen LogP contribution in [0.5, 0.6) is 5.75 Å². The van der Waals surface area contributed by atoms with E-state index in [9.17, 15) is 19.7 Å². The number of ether oxygens (including phenoxy) is 2. The van der Waals surface area contributed by atoms with Gasteiger partial charge in [-0.1, -0.05) is 60.5 Å². The number of fused-ring (bicyclic) bond motifs is 3. The lowest BCUT2D eigenvalue weighted by atomic mass is 9.77. The molecule has 0 amide bonds. The molecule has 8 nitrogen and oxygen atoms in total. The summed E-state index contributed by atoms with van der Waals surface area (Å²) in [5.74, 6) is -1.43. The normalized spacial score (nSPS) is 21.2. The number of thioether (sulfide) groups is 1. The van der Waals surface area contributed by atoms with Crippen LogP contribution in [0.1, 0.15) is 63.6 Å². The summed E-state index contributed by atoms with van der Waals surface area (Å²) in [6.45, 7) is 2.14. The monoisotopic (exact) mass is 710 g/mol. The molecule has 47 heavy (non-hydrogen) atoms. The predicted octanol–water partition coefficient (Wildman–Crippen LogP) is 9.73. The molecule has 0 radical (unpaired) electrons. The number of nitrogens with zero attached hydrogens (tertiary/aromatic N) is 1. The van der Waals surface area contributed by atoms with Crippen molar-refractivity contribution in [3.05, 3.63) is 127 Å². The fourth-order valence-corrected chi connectivity index (χ4v) is 8.80. The number of halogens is 3. The van der Waals surface area contributed by atoms with Crippen LogP contribution >= 0.6 is 46.6 Å². The van der Waals surface area contributed by atoms with E-state index in [0.29, 0.717) is 27.8 Å². The van der Waals surface area contributed by atoms with Gasteiger partial charge in [0.1, 0.15) is 11.3 Å². The van der Waals surface area contributed by atoms with Crippen molar-refractivity contribution in [3.8, 4) is 5.75 Å². The Morgan fingerprint density at radius 3 is 2.51 bits per heavy atom. The van der Waals surface area contributed by atoms with Crippen molar-refractivity contribution in [2.75, 3.05) is 11.9 Å². The first-order valence-corrected chi connectivity index (χ1v) is 17.1. The Labute approximate surface area is 290 Å². The quantitative estimate of drug-likeness (QED) is 0.0601. The van der Waals surface area contributed by atoms with Crippen LogP contribution in [0.2, 0.25) is 10.0 Å². The fourth-order valence-electron chi connectivity index (χ4n) is 6.33. The minimum Gasteiger partial charge on any atom is -0.462 e. The topological polar surface area (TPSA) is 108 Å². The number of nitro groups is 1. The first kappa shape index (κ1) is 33.2. The van der Waals surface area contributed by atoms with Gasteiger partial charge in [-0.3, -0.25) is 10.1 Å². The van der Waals surface area contributed by atoms with Crippen LogP contribution < -0.4 is 10.1 Å². The van der Waals surface area contributed by atoms with Crippen molar-refractivity contribution in [1.29, 1.82) is 0 Å². The number of alkyl halides is 1. The molecule has 1 heterocycles. The summed E-state index contributed by atoms with van der Waals surface area (Å²) in [4.78, 5) is 38.1. The number of hydrogen-bond acceptors (Lipinski definition) is 8. The van der Waals surface area contributed by atoms with Gasteiger partial charge >= 0.3 is 11.9 Å². The number of anilines is 1. The standard InChI is InChI=1S/C35H29Cl3N2O6S/c1-2-15-45-35(42)22-7-3-5-9-28(22)46-34(41)19-11-14-26-23(16-19)31-24(33(39-26)21-13-12-20(36)17-25(21)37)18-30(32(31)38)47-29-10-6-4-8-27(29)40(43)44/h3-14,16-17,24,30-33,39H,2,15,18H2,1H3. The molecule has 242 valence electrons. The third-order valence-electron chi connectivity index (χ3n) is 8.43. The van der Waals surface area contributed by atoms with E-state index in [-0.39, 0.29) is 57.2 Å². The summed E-state index contributed by atoms with van der Waals surface area (Å²) >= 11 is 21.6. The number of para-hydroxylation sites is 2. The Morgan fingerprint density at radius 1 is 0.979 bits per heavy atom. The molecule has 1 aliphatic carbocycles. The van der Waals surface area contributed by atoms with Crippen LogP contribution in [0.3, 0.4) is 0 Å². The highest BCUT2D eigenvalue weighted by Gasteiger charge is 2.51. The second-order valence-electron chi connectivity index (χ2n) is 11.4. The van der Waals surface area contributed by atoms with Crippen molar-refractivity contribution < 1.29 is 24.0 Å². The number of rotatable bonds is 9. The van der Waals surface area contributed by atoms with Crippen molar-refractivity contribution in [2.24, 2.45) is 5.92 Å². The van der Waals surface area contributed by atoms with E-state index >= 15 is 0 Å². The van der Waals surface area contributed by atoms with Crippen molar-refractivity contribution >= 4 is 69.9 Å². The maximum Gasteiger partial charge on any atom is 0.343 e. The van der Waals surface area contributed by atoms with Gasteiger partial charge in [0, 0.05) is 33.0 Å². The average molecular weight is 712 g/mol. The van der Waals surface area contributed by atoms with Gasteiger partial charge in [0.05, 0.1) is 33.4 Å². The lowest BCUT2D eigenvalue weighted by Gasteiger charge is -2.39. The first-order chi connectivity index (χ1) is 22.7. The summed E-state index contributed by atoms with van der Waals surface area (Å²) in [5.41, 5.74) is 2.92. The average Bonchev–Trinajstić information content (AvgIpc) is 3.39. The number of carbonyl (C=O) groups is 2. The zero-order chi connectivity index (χ0) is 33.2. The molecule has 4 aromatic carbocycles. The van der Waals surface area contributed by atoms with Crippen LogP contribution in [0.25, 0.3) is 0 Å². The number of nitro benzene ring substituents is 1. The highest BCUT2D eigenvalue weighted by atomic mass is 35.5. The highest BCUT2D eigenvalue weighted by molar-refractivity contribution is 8.00. The van der Waals surface area contributed by atoms with Gasteiger partial charge in [0.2, 0.25) is 0 Å². The maximum atomic E-state index is 13.5. The molecule has 0 spiro atoms. The Balaban J connectivity index is 1.35. The minimum atomic E-state index is -0.641. The molecule has 0 saturated heterocycles. The number of benzene rings is 4. The lowest BCUT2D eigenvalue weighted by molar-refractivity contribution is -0.387. The largest absolute Gasteiger partial charge is 0.462 e. The van der Waals surface area contributed by atoms with Crippen molar-refractivity contribution in [3.63, 3.8) is 0 Å². The Hall–Kier alpha value is -3.76. The summed E-state index contributed by atoms with van der Waals surface area (Å²) < 4.78 is 11.0. The number of esters is 2. The van der Waals surface area contributed by atoms with Gasteiger partial charge in [-0.15, -0.1) is 23.4 Å². The van der Waals surface area contributed by atoms with Crippen LogP contribution in [-0.2, 0) is 4.74 Å². The number of nitrogens with one attached hydrogen (secondary N) is 1. The molecule has 0 bridgehead atoms. The highest BCUT2D eigenvalue weighted by Crippen LogP contribution is 2.58. The number of hydrogen-bond donors (Lipinski definition) is 1. The molecule has 5 atom stereocenters. The summed E-state index contributed by atoms with van der Waals surface area (Å²) in [7, 11) is 0. The van der Waals surface area contributed by atoms with Crippen LogP contribution in [0.4, 0.5) is 11.4 Å². The molecule has 12 heteroatoms. The molecule has 2 aliphatic rings. The van der Waals surface area contributed by atoms with Crippen LogP contribution in [0.15, 0.2) is 89.8 Å². The van der Waals surface area contributed by atoms with E-state index < -0.39 is 17.3 Å². The van der Waals surface area contributed by atoms with Gasteiger partial charge in [0.15, 0.2) is 0 Å². The molecule has 1 aliphatic heterocycles. The fraction of sp³-hybridized carbons (Fsp3) is 0.257. The third kappa shape index (κ3) is 6.81. The summed E-state index contributed by atoms with van der Waals surface area (Å²) in [6.07, 6.45) is 1.28. The molecule has 5 unspecified atom stereocenters. The zero-order valence-electron chi connectivity index (χ0n) is 25.0. The molecule has 6 rings (SSSR count). The van der Waals surface area contributed by atoms with Gasteiger partial charge in [0.25, 0.3) is 5.69 Å². The van der Waals surface area contributed by atoms with E-state index in [2.05, 4.69) is 5.32 Å². The zero-order valence-corrected chi connectivity index (χ0v) is 28.1. The molecule has 1 saturated carbocycles. The van der Waals surface area contributed by atoms with Crippen molar-refractivity contribution in [2.45, 2.75) is 47.2 Å². The van der Waals surface area contributed by atoms with Gasteiger partial charge in [-0.25, -0.2) is 9.59 Å². The van der Waals surface area contributed by atoms with E-state index in [1.54, 1.807) is 66.7 Å². The van der Waals surface area contributed by atoms with Crippen LogP contribution in [-0.4, -0.2) is 34.1 Å².